The van der Waals surface area contributed by atoms with E-state index in [0.717, 1.165) is 44.2 Å². The van der Waals surface area contributed by atoms with Gasteiger partial charge < -0.3 is 14.7 Å². The molecule has 5 heteroatoms. The largest absolute Gasteiger partial charge is 0.458 e. The van der Waals surface area contributed by atoms with Crippen molar-refractivity contribution in [3.63, 3.8) is 0 Å². The molecule has 0 spiro atoms. The van der Waals surface area contributed by atoms with Gasteiger partial charge in [0.05, 0.1) is 17.4 Å². The predicted octanol–water partition coefficient (Wildman–Crippen LogP) is 5.77. The number of hydrogen-bond donors (Lipinski definition) is 1. The fourth-order valence-electron chi connectivity index (χ4n) is 8.68. The van der Waals surface area contributed by atoms with Crippen LogP contribution < -0.4 is 0 Å². The van der Waals surface area contributed by atoms with Crippen LogP contribution in [0.25, 0.3) is 0 Å². The highest BCUT2D eigenvalue weighted by atomic mass is 16.6. The van der Waals surface area contributed by atoms with Gasteiger partial charge in [-0.25, -0.2) is 4.79 Å². The Balaban J connectivity index is 1.21. The van der Waals surface area contributed by atoms with E-state index < -0.39 is 0 Å². The van der Waals surface area contributed by atoms with Crippen molar-refractivity contribution in [1.82, 2.24) is 0 Å². The van der Waals surface area contributed by atoms with Crippen molar-refractivity contribution in [3.8, 4) is 0 Å². The van der Waals surface area contributed by atoms with Gasteiger partial charge in [-0.2, -0.15) is 0 Å². The molecule has 0 amide bonds. The van der Waals surface area contributed by atoms with E-state index in [2.05, 4.69) is 25.1 Å². The monoisotopic (exact) mass is 449 g/mol. The van der Waals surface area contributed by atoms with Crippen molar-refractivity contribution in [1.29, 1.82) is 0 Å². The SMILES string of the molecule is C/C(=N\O)[C@@]12O[C@@H]1C[C@H]1[C@@H]3CC=C4C[C@@H](OC(=O)c5ccccc5)CC[C@]4(C)[C@H]3CC[C@@]12C. The van der Waals surface area contributed by atoms with Gasteiger partial charge in [-0.15, -0.1) is 0 Å². The Bertz CT molecular complexity index is 1030. The molecule has 3 saturated carbocycles. The van der Waals surface area contributed by atoms with Crippen molar-refractivity contribution in [2.75, 3.05) is 0 Å². The van der Waals surface area contributed by atoms with Crippen LogP contribution in [0.1, 0.15) is 76.1 Å². The van der Waals surface area contributed by atoms with Gasteiger partial charge in [0.25, 0.3) is 0 Å². The Morgan fingerprint density at radius 3 is 2.70 bits per heavy atom. The smallest absolute Gasteiger partial charge is 0.338 e. The lowest BCUT2D eigenvalue weighted by atomic mass is 9.47. The van der Waals surface area contributed by atoms with Crippen molar-refractivity contribution >= 4 is 11.7 Å². The van der Waals surface area contributed by atoms with E-state index in [1.807, 2.05) is 37.3 Å². The Morgan fingerprint density at radius 2 is 1.94 bits per heavy atom. The average molecular weight is 450 g/mol. The van der Waals surface area contributed by atoms with Crippen molar-refractivity contribution < 1.29 is 19.5 Å². The van der Waals surface area contributed by atoms with E-state index in [0.29, 0.717) is 23.3 Å². The molecule has 1 aromatic carbocycles. The van der Waals surface area contributed by atoms with E-state index in [-0.39, 0.29) is 34.6 Å². The summed E-state index contributed by atoms with van der Waals surface area (Å²) >= 11 is 0. The zero-order chi connectivity index (χ0) is 23.0. The van der Waals surface area contributed by atoms with Crippen LogP contribution in [0.4, 0.5) is 0 Å². The van der Waals surface area contributed by atoms with Crippen LogP contribution in [0.5, 0.6) is 0 Å². The summed E-state index contributed by atoms with van der Waals surface area (Å²) in [6, 6.07) is 9.33. The highest BCUT2D eigenvalue weighted by Gasteiger charge is 2.78. The molecule has 4 aliphatic carbocycles. The van der Waals surface area contributed by atoms with Crippen LogP contribution in [0, 0.1) is 28.6 Å². The molecule has 176 valence electrons. The number of nitrogens with zero attached hydrogens (tertiary/aromatic N) is 1. The Labute approximate surface area is 196 Å². The second-order valence-corrected chi connectivity index (χ2v) is 11.6. The minimum Gasteiger partial charge on any atom is -0.458 e. The summed E-state index contributed by atoms with van der Waals surface area (Å²) in [5.41, 5.74) is 2.81. The number of benzene rings is 1. The summed E-state index contributed by atoms with van der Waals surface area (Å²) in [6.07, 6.45) is 10.1. The van der Waals surface area contributed by atoms with Crippen LogP contribution >= 0.6 is 0 Å². The van der Waals surface area contributed by atoms with Gasteiger partial charge in [0.1, 0.15) is 11.7 Å². The number of esters is 1. The number of rotatable bonds is 3. The molecular formula is C28H35NO4. The first-order chi connectivity index (χ1) is 15.8. The van der Waals surface area contributed by atoms with Crippen LogP contribution in [-0.2, 0) is 9.47 Å². The van der Waals surface area contributed by atoms with Crippen LogP contribution in [0.2, 0.25) is 0 Å². The predicted molar refractivity (Wildman–Crippen MR) is 125 cm³/mol. The number of allylic oxidation sites excluding steroid dienone is 1. The maximum Gasteiger partial charge on any atom is 0.338 e. The Morgan fingerprint density at radius 1 is 1.15 bits per heavy atom. The minimum absolute atomic E-state index is 0.0263. The second kappa shape index (κ2) is 7.18. The normalized spacial score (nSPS) is 45.7. The molecule has 4 fully saturated rings. The lowest BCUT2D eigenvalue weighted by Crippen LogP contribution is -2.54. The summed E-state index contributed by atoms with van der Waals surface area (Å²) in [6.45, 7) is 6.78. The van der Waals surface area contributed by atoms with Crippen LogP contribution in [0.3, 0.4) is 0 Å². The molecule has 1 aliphatic heterocycles. The van der Waals surface area contributed by atoms with Crippen molar-refractivity contribution in [2.45, 2.75) is 83.5 Å². The van der Waals surface area contributed by atoms with E-state index in [9.17, 15) is 10.0 Å². The topological polar surface area (TPSA) is 71.4 Å². The molecule has 1 saturated heterocycles. The summed E-state index contributed by atoms with van der Waals surface area (Å²) in [5, 5.41) is 13.1. The van der Waals surface area contributed by atoms with Gasteiger partial charge in [0.15, 0.2) is 0 Å². The van der Waals surface area contributed by atoms with Crippen LogP contribution in [-0.4, -0.2) is 34.7 Å². The van der Waals surface area contributed by atoms with Crippen molar-refractivity contribution in [3.05, 3.63) is 47.5 Å². The van der Waals surface area contributed by atoms with Gasteiger partial charge in [-0.05, 0) is 80.8 Å². The number of carbonyl (C=O) groups excluding carboxylic acids is 1. The third-order valence-corrected chi connectivity index (χ3v) is 10.5. The van der Waals surface area contributed by atoms with Gasteiger partial charge >= 0.3 is 5.97 Å². The summed E-state index contributed by atoms with van der Waals surface area (Å²) in [5.74, 6) is 1.72. The average Bonchev–Trinajstić information content (AvgIpc) is 3.51. The third-order valence-electron chi connectivity index (χ3n) is 10.5. The number of fused-ring (bicyclic) bond motifs is 7. The molecule has 0 unspecified atom stereocenters. The Kier molecular flexibility index (Phi) is 4.65. The fraction of sp³-hybridized carbons (Fsp3) is 0.643. The molecule has 1 N–H and O–H groups in total. The molecule has 1 aromatic rings. The molecule has 5 nitrogen and oxygen atoms in total. The van der Waals surface area contributed by atoms with Gasteiger partial charge in [-0.1, -0.05) is 48.9 Å². The van der Waals surface area contributed by atoms with Gasteiger partial charge in [0, 0.05) is 11.8 Å². The number of carbonyl (C=O) groups is 1. The summed E-state index contributed by atoms with van der Waals surface area (Å²) in [4.78, 5) is 12.6. The number of hydrogen-bond acceptors (Lipinski definition) is 5. The number of oxime groups is 1. The zero-order valence-electron chi connectivity index (χ0n) is 19.9. The Hall–Kier alpha value is -2.14. The first-order valence-electron chi connectivity index (χ1n) is 12.7. The maximum absolute atomic E-state index is 12.6. The second-order valence-electron chi connectivity index (χ2n) is 11.6. The number of ether oxygens (including phenoxy) is 2. The third kappa shape index (κ3) is 2.81. The quantitative estimate of drug-likeness (QED) is 0.159. The summed E-state index contributed by atoms with van der Waals surface area (Å²) < 4.78 is 12.1. The lowest BCUT2D eigenvalue weighted by Gasteiger charge is -2.58. The van der Waals surface area contributed by atoms with E-state index >= 15 is 0 Å². The van der Waals surface area contributed by atoms with E-state index in [1.54, 1.807) is 0 Å². The highest BCUT2D eigenvalue weighted by Crippen LogP contribution is 2.73. The minimum atomic E-state index is -0.342. The first-order valence-corrected chi connectivity index (χ1v) is 12.7. The summed E-state index contributed by atoms with van der Waals surface area (Å²) in [7, 11) is 0. The molecule has 0 aromatic heterocycles. The standard InChI is InChI=1S/C28H35NO4/c1-17(29-31)28-24(33-28)16-23-21-10-9-19-15-20(32-25(30)18-7-5-4-6-8-18)11-13-26(19,2)22(21)12-14-27(23,28)3/h4-9,20-24,31H,10-16H2,1-3H3/b29-17+/t20-,21+,22-,23-,24+,26-,27-,28+/m0/s1. The van der Waals surface area contributed by atoms with E-state index in [1.165, 1.54) is 12.0 Å². The number of epoxide rings is 1. The first kappa shape index (κ1) is 21.4. The fourth-order valence-corrected chi connectivity index (χ4v) is 8.68. The lowest BCUT2D eigenvalue weighted by molar-refractivity contribution is -0.0719. The van der Waals surface area contributed by atoms with Crippen molar-refractivity contribution in [2.24, 2.45) is 33.7 Å². The van der Waals surface area contributed by atoms with Crippen LogP contribution in [0.15, 0.2) is 47.1 Å². The molecular weight excluding hydrogens is 414 g/mol. The molecule has 0 radical (unpaired) electrons. The molecule has 0 bridgehead atoms. The molecule has 5 aliphatic rings. The molecule has 8 atom stereocenters. The molecule has 1 heterocycles. The van der Waals surface area contributed by atoms with Gasteiger partial charge in [0.2, 0.25) is 0 Å². The van der Waals surface area contributed by atoms with E-state index in [4.69, 9.17) is 9.47 Å². The molecule has 33 heavy (non-hydrogen) atoms. The highest BCUT2D eigenvalue weighted by molar-refractivity contribution is 5.95. The molecule has 6 rings (SSSR count). The van der Waals surface area contributed by atoms with Gasteiger partial charge in [-0.3, -0.25) is 0 Å². The maximum atomic E-state index is 12.6. The zero-order valence-corrected chi connectivity index (χ0v) is 19.9.